The molecule has 2 aliphatic rings. The molecule has 6 nitrogen and oxygen atoms in total. The number of pyridine rings is 2. The van der Waals surface area contributed by atoms with Crippen molar-refractivity contribution in [3.05, 3.63) is 52.5 Å². The summed E-state index contributed by atoms with van der Waals surface area (Å²) in [6, 6.07) is 5.86. The Hall–Kier alpha value is -2.47. The van der Waals surface area contributed by atoms with Crippen LogP contribution in [0.4, 0.5) is 5.82 Å². The molecular formula is C22H28N4O2. The van der Waals surface area contributed by atoms with Gasteiger partial charge in [0.15, 0.2) is 0 Å². The molecule has 0 aromatic carbocycles. The Labute approximate surface area is 166 Å². The molecule has 1 saturated carbocycles. The van der Waals surface area contributed by atoms with E-state index in [4.69, 9.17) is 0 Å². The molecule has 1 aliphatic carbocycles. The fraction of sp³-hybridized carbons (Fsp3) is 0.500. The van der Waals surface area contributed by atoms with Crippen molar-refractivity contribution < 1.29 is 9.90 Å². The van der Waals surface area contributed by atoms with Gasteiger partial charge in [-0.25, -0.2) is 4.98 Å². The van der Waals surface area contributed by atoms with Gasteiger partial charge < -0.3 is 15.3 Å². The summed E-state index contributed by atoms with van der Waals surface area (Å²) in [5, 5.41) is 13.2. The molecule has 28 heavy (non-hydrogen) atoms. The molecule has 148 valence electrons. The Morgan fingerprint density at radius 1 is 1.32 bits per heavy atom. The Balaban J connectivity index is 1.62. The van der Waals surface area contributed by atoms with Crippen LogP contribution in [0.15, 0.2) is 24.4 Å². The first kappa shape index (κ1) is 18.9. The van der Waals surface area contributed by atoms with Crippen LogP contribution in [0.2, 0.25) is 0 Å². The van der Waals surface area contributed by atoms with Crippen LogP contribution in [-0.4, -0.2) is 46.7 Å². The highest BCUT2D eigenvalue weighted by Gasteiger charge is 2.28. The third-order valence-corrected chi connectivity index (χ3v) is 5.89. The van der Waals surface area contributed by atoms with Gasteiger partial charge >= 0.3 is 0 Å². The molecule has 0 spiro atoms. The van der Waals surface area contributed by atoms with Crippen LogP contribution in [-0.2, 0) is 12.8 Å². The van der Waals surface area contributed by atoms with Crippen molar-refractivity contribution in [3.63, 3.8) is 0 Å². The Morgan fingerprint density at radius 3 is 2.93 bits per heavy atom. The normalized spacial score (nSPS) is 21.5. The van der Waals surface area contributed by atoms with Gasteiger partial charge in [-0.2, -0.15) is 0 Å². The van der Waals surface area contributed by atoms with Gasteiger partial charge in [0.25, 0.3) is 5.91 Å². The zero-order valence-corrected chi connectivity index (χ0v) is 16.6. The number of nitrogens with zero attached hydrogens (tertiary/aromatic N) is 3. The largest absolute Gasteiger partial charge is 0.391 e. The smallest absolute Gasteiger partial charge is 0.270 e. The summed E-state index contributed by atoms with van der Waals surface area (Å²) in [7, 11) is 2.02. The number of aliphatic hydroxyl groups excluding tert-OH is 1. The number of aromatic nitrogens is 2. The van der Waals surface area contributed by atoms with E-state index in [9.17, 15) is 9.90 Å². The molecule has 2 atom stereocenters. The van der Waals surface area contributed by atoms with Crippen molar-refractivity contribution in [1.82, 2.24) is 15.3 Å². The molecule has 2 aromatic rings. The van der Waals surface area contributed by atoms with Crippen molar-refractivity contribution in [1.29, 1.82) is 0 Å². The predicted octanol–water partition coefficient (Wildman–Crippen LogP) is 2.40. The van der Waals surface area contributed by atoms with Gasteiger partial charge in [0.1, 0.15) is 11.5 Å². The molecular weight excluding hydrogens is 352 g/mol. The topological polar surface area (TPSA) is 78.3 Å². The lowest BCUT2D eigenvalue weighted by Gasteiger charge is -2.28. The molecule has 0 saturated heterocycles. The van der Waals surface area contributed by atoms with Crippen molar-refractivity contribution in [2.24, 2.45) is 0 Å². The van der Waals surface area contributed by atoms with Crippen molar-refractivity contribution in [2.45, 2.75) is 57.6 Å². The van der Waals surface area contributed by atoms with Crippen molar-refractivity contribution in [3.8, 4) is 0 Å². The van der Waals surface area contributed by atoms with Crippen molar-refractivity contribution in [2.75, 3.05) is 18.5 Å². The number of likely N-dealkylation sites (N-methyl/N-ethyl adjacent to an activating group) is 1. The van der Waals surface area contributed by atoms with Crippen LogP contribution in [0.1, 0.15) is 58.6 Å². The number of aryl methyl sites for hydroxylation is 1. The van der Waals surface area contributed by atoms with Gasteiger partial charge in [0.2, 0.25) is 0 Å². The molecule has 1 fully saturated rings. The van der Waals surface area contributed by atoms with Gasteiger partial charge in [-0.05, 0) is 61.9 Å². The third kappa shape index (κ3) is 3.87. The summed E-state index contributed by atoms with van der Waals surface area (Å²) in [5.41, 5.74) is 4.99. The Kier molecular flexibility index (Phi) is 5.31. The number of carbonyl (C=O) groups excluding carboxylic acids is 1. The molecule has 6 heteroatoms. The summed E-state index contributed by atoms with van der Waals surface area (Å²) in [5.74, 6) is 0.707. The van der Waals surface area contributed by atoms with E-state index in [1.54, 1.807) is 0 Å². The molecule has 0 unspecified atom stereocenters. The average Bonchev–Trinajstić information content (AvgIpc) is 3.05. The first-order chi connectivity index (χ1) is 13.5. The number of fused-ring (bicyclic) bond motifs is 1. The quantitative estimate of drug-likeness (QED) is 0.852. The Morgan fingerprint density at radius 2 is 2.14 bits per heavy atom. The molecule has 0 bridgehead atoms. The second-order valence-corrected chi connectivity index (χ2v) is 8.05. The highest BCUT2D eigenvalue weighted by molar-refractivity contribution is 5.93. The predicted molar refractivity (Wildman–Crippen MR) is 109 cm³/mol. The number of hydrogen-bond acceptors (Lipinski definition) is 5. The monoisotopic (exact) mass is 380 g/mol. The number of amides is 1. The molecule has 2 aromatic heterocycles. The third-order valence-electron chi connectivity index (χ3n) is 5.89. The summed E-state index contributed by atoms with van der Waals surface area (Å²) >= 11 is 0. The number of rotatable bonds is 4. The molecule has 3 heterocycles. The van der Waals surface area contributed by atoms with Crippen LogP contribution in [0.3, 0.4) is 0 Å². The van der Waals surface area contributed by atoms with Crippen LogP contribution in [0, 0.1) is 6.92 Å². The highest BCUT2D eigenvalue weighted by atomic mass is 16.3. The number of nitrogens with one attached hydrogen (secondary N) is 1. The van der Waals surface area contributed by atoms with E-state index in [-0.39, 0.29) is 11.9 Å². The zero-order chi connectivity index (χ0) is 19.7. The number of carbonyl (C=O) groups is 1. The first-order valence-electron chi connectivity index (χ1n) is 10.2. The van der Waals surface area contributed by atoms with Crippen molar-refractivity contribution >= 4 is 11.7 Å². The van der Waals surface area contributed by atoms with E-state index in [0.29, 0.717) is 5.69 Å². The van der Waals surface area contributed by atoms with Gasteiger partial charge in [0, 0.05) is 31.0 Å². The fourth-order valence-corrected chi connectivity index (χ4v) is 4.31. The lowest BCUT2D eigenvalue weighted by Crippen LogP contribution is -2.45. The van der Waals surface area contributed by atoms with Crippen LogP contribution in [0.25, 0.3) is 0 Å². The van der Waals surface area contributed by atoms with Gasteiger partial charge in [-0.15, -0.1) is 0 Å². The molecule has 1 aliphatic heterocycles. The molecule has 0 radical (unpaired) electrons. The van der Waals surface area contributed by atoms with E-state index in [2.05, 4.69) is 26.3 Å². The summed E-state index contributed by atoms with van der Waals surface area (Å²) in [6.07, 6.45) is 6.69. The van der Waals surface area contributed by atoms with Crippen LogP contribution in [0.5, 0.6) is 0 Å². The Bertz CT molecular complexity index is 883. The SMILES string of the molecule is Cc1cc(Cc2cc(C(=O)N[C@H]3CCCC[C@@H]3O)nc3c2CCN3C)ccn1. The van der Waals surface area contributed by atoms with E-state index in [0.717, 1.165) is 62.1 Å². The summed E-state index contributed by atoms with van der Waals surface area (Å²) < 4.78 is 0. The van der Waals surface area contributed by atoms with E-state index >= 15 is 0 Å². The fourth-order valence-electron chi connectivity index (χ4n) is 4.31. The zero-order valence-electron chi connectivity index (χ0n) is 16.6. The summed E-state index contributed by atoms with van der Waals surface area (Å²) in [6.45, 7) is 2.90. The number of aliphatic hydroxyl groups is 1. The van der Waals surface area contributed by atoms with Crippen LogP contribution >= 0.6 is 0 Å². The maximum atomic E-state index is 12.9. The van der Waals surface area contributed by atoms with E-state index < -0.39 is 6.10 Å². The van der Waals surface area contributed by atoms with Gasteiger partial charge in [0.05, 0.1) is 12.1 Å². The molecule has 2 N–H and O–H groups in total. The number of anilines is 1. The molecule has 4 rings (SSSR count). The maximum absolute atomic E-state index is 12.9. The molecule has 1 amide bonds. The second kappa shape index (κ2) is 7.87. The second-order valence-electron chi connectivity index (χ2n) is 8.05. The van der Waals surface area contributed by atoms with E-state index in [1.165, 1.54) is 11.1 Å². The lowest BCUT2D eigenvalue weighted by atomic mass is 9.92. The summed E-state index contributed by atoms with van der Waals surface area (Å²) in [4.78, 5) is 24.0. The number of hydrogen-bond donors (Lipinski definition) is 2. The van der Waals surface area contributed by atoms with Gasteiger partial charge in [-0.3, -0.25) is 9.78 Å². The minimum atomic E-state index is -0.464. The van der Waals surface area contributed by atoms with E-state index in [1.807, 2.05) is 32.3 Å². The highest BCUT2D eigenvalue weighted by Crippen LogP contribution is 2.30. The average molecular weight is 380 g/mol. The standard InChI is InChI=1S/C22H28N4O2/c1-14-11-15(7-9-23-14)12-16-13-19(24-21-17(16)8-10-26(21)2)22(28)25-18-5-3-4-6-20(18)27/h7,9,11,13,18,20,27H,3-6,8,10,12H2,1-2H3,(H,25,28)/t18-,20-/m0/s1. The first-order valence-corrected chi connectivity index (χ1v) is 10.2. The maximum Gasteiger partial charge on any atom is 0.270 e. The van der Waals surface area contributed by atoms with Gasteiger partial charge in [-0.1, -0.05) is 12.8 Å². The minimum Gasteiger partial charge on any atom is -0.391 e. The lowest BCUT2D eigenvalue weighted by molar-refractivity contribution is 0.0714. The van der Waals surface area contributed by atoms with Crippen LogP contribution < -0.4 is 10.2 Å². The minimum absolute atomic E-state index is 0.180.